The monoisotopic (exact) mass is 250 g/mol. The van der Waals surface area contributed by atoms with Gasteiger partial charge < -0.3 is 9.73 Å². The molecule has 0 aliphatic carbocycles. The number of oxazole rings is 1. The predicted molar refractivity (Wildman–Crippen MR) is 69.3 cm³/mol. The summed E-state index contributed by atoms with van der Waals surface area (Å²) in [6.45, 7) is 2.83. The maximum absolute atomic E-state index is 6.24. The molecule has 0 fully saturated rings. The highest BCUT2D eigenvalue weighted by molar-refractivity contribution is 6.33. The van der Waals surface area contributed by atoms with Gasteiger partial charge in [-0.2, -0.15) is 0 Å². The standard InChI is InChI=1S/C13H15ClN2O/c1-9-4-3-5-10(13(9)14)11-8-16-12(17-11)6-7-15-2/h3-5,8,15H,6-7H2,1-2H3. The van der Waals surface area contributed by atoms with Crippen LogP contribution in [-0.4, -0.2) is 18.6 Å². The lowest BCUT2D eigenvalue weighted by atomic mass is 10.1. The van der Waals surface area contributed by atoms with Gasteiger partial charge in [-0.1, -0.05) is 23.7 Å². The largest absolute Gasteiger partial charge is 0.441 e. The first kappa shape index (κ1) is 12.1. The second-order valence-corrected chi connectivity index (χ2v) is 4.29. The Morgan fingerprint density at radius 2 is 2.24 bits per heavy atom. The van der Waals surface area contributed by atoms with Crippen molar-refractivity contribution >= 4 is 11.6 Å². The number of nitrogens with zero attached hydrogens (tertiary/aromatic N) is 1. The molecule has 2 rings (SSSR count). The number of nitrogens with one attached hydrogen (secondary N) is 1. The van der Waals surface area contributed by atoms with E-state index in [9.17, 15) is 0 Å². The number of aryl methyl sites for hydroxylation is 1. The van der Waals surface area contributed by atoms with Crippen molar-refractivity contribution in [1.29, 1.82) is 0 Å². The van der Waals surface area contributed by atoms with E-state index >= 15 is 0 Å². The van der Waals surface area contributed by atoms with Crippen molar-refractivity contribution in [1.82, 2.24) is 10.3 Å². The van der Waals surface area contributed by atoms with E-state index in [2.05, 4.69) is 10.3 Å². The minimum atomic E-state index is 0.726. The highest BCUT2D eigenvalue weighted by Crippen LogP contribution is 2.30. The fourth-order valence-electron chi connectivity index (χ4n) is 1.62. The van der Waals surface area contributed by atoms with Crippen LogP contribution in [0.3, 0.4) is 0 Å². The van der Waals surface area contributed by atoms with Gasteiger partial charge in [-0.3, -0.25) is 0 Å². The molecule has 4 heteroatoms. The van der Waals surface area contributed by atoms with Crippen molar-refractivity contribution in [3.05, 3.63) is 40.9 Å². The summed E-state index contributed by atoms with van der Waals surface area (Å²) in [6.07, 6.45) is 2.51. The van der Waals surface area contributed by atoms with Gasteiger partial charge >= 0.3 is 0 Å². The summed E-state index contributed by atoms with van der Waals surface area (Å²) in [6, 6.07) is 5.88. The number of aromatic nitrogens is 1. The summed E-state index contributed by atoms with van der Waals surface area (Å²) in [5, 5.41) is 3.79. The van der Waals surface area contributed by atoms with Gasteiger partial charge in [0.25, 0.3) is 0 Å². The molecular weight excluding hydrogens is 236 g/mol. The quantitative estimate of drug-likeness (QED) is 0.906. The number of halogens is 1. The van der Waals surface area contributed by atoms with E-state index in [0.29, 0.717) is 0 Å². The minimum absolute atomic E-state index is 0.726. The zero-order valence-corrected chi connectivity index (χ0v) is 10.7. The Morgan fingerprint density at radius 3 is 3.00 bits per heavy atom. The third kappa shape index (κ3) is 2.68. The lowest BCUT2D eigenvalue weighted by Gasteiger charge is -2.02. The molecular formula is C13H15ClN2O. The molecule has 0 saturated heterocycles. The van der Waals surface area contributed by atoms with Gasteiger partial charge in [-0.25, -0.2) is 4.98 Å². The molecule has 0 saturated carbocycles. The van der Waals surface area contributed by atoms with Crippen LogP contribution in [0.2, 0.25) is 5.02 Å². The van der Waals surface area contributed by atoms with Crippen molar-refractivity contribution in [3.63, 3.8) is 0 Å². The van der Waals surface area contributed by atoms with Crippen LogP contribution < -0.4 is 5.32 Å². The molecule has 1 heterocycles. The van der Waals surface area contributed by atoms with E-state index < -0.39 is 0 Å². The van der Waals surface area contributed by atoms with Gasteiger partial charge in [0.2, 0.25) is 0 Å². The smallest absolute Gasteiger partial charge is 0.196 e. The Hall–Kier alpha value is -1.32. The summed E-state index contributed by atoms with van der Waals surface area (Å²) in [4.78, 5) is 4.24. The Labute approximate surface area is 106 Å². The van der Waals surface area contributed by atoms with E-state index in [0.717, 1.165) is 40.8 Å². The minimum Gasteiger partial charge on any atom is -0.441 e. The van der Waals surface area contributed by atoms with Crippen LogP contribution in [0, 0.1) is 6.92 Å². The number of benzene rings is 1. The third-order valence-electron chi connectivity index (χ3n) is 2.60. The topological polar surface area (TPSA) is 38.1 Å². The molecule has 0 spiro atoms. The van der Waals surface area contributed by atoms with Crippen molar-refractivity contribution in [3.8, 4) is 11.3 Å². The third-order valence-corrected chi connectivity index (χ3v) is 3.10. The van der Waals surface area contributed by atoms with Crippen molar-refractivity contribution < 1.29 is 4.42 Å². The molecule has 90 valence electrons. The molecule has 1 aromatic carbocycles. The summed E-state index contributed by atoms with van der Waals surface area (Å²) < 4.78 is 5.67. The first-order chi connectivity index (χ1) is 8.22. The second kappa shape index (κ2) is 5.34. The first-order valence-electron chi connectivity index (χ1n) is 5.57. The van der Waals surface area contributed by atoms with E-state index in [-0.39, 0.29) is 0 Å². The maximum atomic E-state index is 6.24. The maximum Gasteiger partial charge on any atom is 0.196 e. The van der Waals surface area contributed by atoms with E-state index in [1.54, 1.807) is 6.20 Å². The highest BCUT2D eigenvalue weighted by Gasteiger charge is 2.10. The van der Waals surface area contributed by atoms with Crippen LogP contribution in [0.25, 0.3) is 11.3 Å². The zero-order valence-electron chi connectivity index (χ0n) is 9.96. The molecule has 0 radical (unpaired) electrons. The zero-order chi connectivity index (χ0) is 12.3. The normalized spacial score (nSPS) is 10.8. The molecule has 17 heavy (non-hydrogen) atoms. The molecule has 1 N–H and O–H groups in total. The fraction of sp³-hybridized carbons (Fsp3) is 0.308. The molecule has 1 aromatic heterocycles. The Bertz CT molecular complexity index is 508. The van der Waals surface area contributed by atoms with E-state index in [1.807, 2.05) is 32.2 Å². The molecule has 2 aromatic rings. The molecule has 0 atom stereocenters. The summed E-state index contributed by atoms with van der Waals surface area (Å²) in [5.41, 5.74) is 1.94. The summed E-state index contributed by atoms with van der Waals surface area (Å²) in [5.74, 6) is 1.46. The Morgan fingerprint density at radius 1 is 1.41 bits per heavy atom. The number of hydrogen-bond acceptors (Lipinski definition) is 3. The molecule has 0 amide bonds. The van der Waals surface area contributed by atoms with Crippen LogP contribution in [0.4, 0.5) is 0 Å². The molecule has 3 nitrogen and oxygen atoms in total. The highest BCUT2D eigenvalue weighted by atomic mass is 35.5. The lowest BCUT2D eigenvalue weighted by Crippen LogP contribution is -2.10. The van der Waals surface area contributed by atoms with Gasteiger partial charge in [0.1, 0.15) is 0 Å². The van der Waals surface area contributed by atoms with E-state index in [1.165, 1.54) is 0 Å². The lowest BCUT2D eigenvalue weighted by molar-refractivity contribution is 0.501. The summed E-state index contributed by atoms with van der Waals surface area (Å²) >= 11 is 6.24. The van der Waals surface area contributed by atoms with Crippen LogP contribution in [0.15, 0.2) is 28.8 Å². The number of rotatable bonds is 4. The molecule has 0 aliphatic heterocycles. The van der Waals surface area contributed by atoms with Gasteiger partial charge in [-0.05, 0) is 25.6 Å². The first-order valence-corrected chi connectivity index (χ1v) is 5.95. The van der Waals surface area contributed by atoms with Crippen LogP contribution in [0.1, 0.15) is 11.5 Å². The van der Waals surface area contributed by atoms with Crippen LogP contribution in [0.5, 0.6) is 0 Å². The average Bonchev–Trinajstić information content (AvgIpc) is 2.78. The average molecular weight is 251 g/mol. The van der Waals surface area contributed by atoms with Gasteiger partial charge in [0, 0.05) is 18.5 Å². The summed E-state index contributed by atoms with van der Waals surface area (Å²) in [7, 11) is 1.90. The Kier molecular flexibility index (Phi) is 3.82. The van der Waals surface area contributed by atoms with Gasteiger partial charge in [0.15, 0.2) is 11.7 Å². The second-order valence-electron chi connectivity index (χ2n) is 3.91. The molecule has 0 bridgehead atoms. The molecule has 0 aliphatic rings. The van der Waals surface area contributed by atoms with Crippen molar-refractivity contribution in [2.45, 2.75) is 13.3 Å². The Balaban J connectivity index is 2.27. The number of likely N-dealkylation sites (N-methyl/N-ethyl adjacent to an activating group) is 1. The SMILES string of the molecule is CNCCc1ncc(-c2cccc(C)c2Cl)o1. The number of hydrogen-bond donors (Lipinski definition) is 1. The van der Waals surface area contributed by atoms with Crippen molar-refractivity contribution in [2.24, 2.45) is 0 Å². The van der Waals surface area contributed by atoms with Gasteiger partial charge in [0.05, 0.1) is 11.2 Å². The van der Waals surface area contributed by atoms with Crippen LogP contribution in [-0.2, 0) is 6.42 Å². The van der Waals surface area contributed by atoms with Crippen molar-refractivity contribution in [2.75, 3.05) is 13.6 Å². The predicted octanol–water partition coefficient (Wildman–Crippen LogP) is 3.07. The van der Waals surface area contributed by atoms with Crippen LogP contribution >= 0.6 is 11.6 Å². The van der Waals surface area contributed by atoms with E-state index in [4.69, 9.17) is 16.0 Å². The fourth-order valence-corrected chi connectivity index (χ4v) is 1.84. The molecule has 0 unspecified atom stereocenters. The van der Waals surface area contributed by atoms with Gasteiger partial charge in [-0.15, -0.1) is 0 Å².